The fourth-order valence-corrected chi connectivity index (χ4v) is 1.99. The lowest BCUT2D eigenvalue weighted by atomic mass is 10.1. The highest BCUT2D eigenvalue weighted by atomic mass is 35.5. The Kier molecular flexibility index (Phi) is 6.70. The predicted octanol–water partition coefficient (Wildman–Crippen LogP) is 5.15. The van der Waals surface area contributed by atoms with E-state index < -0.39 is 0 Å². The maximum absolute atomic E-state index is 13.6. The van der Waals surface area contributed by atoms with Crippen molar-refractivity contribution >= 4 is 11.6 Å². The largest absolute Gasteiger partial charge is 0.486 e. The lowest BCUT2D eigenvalue weighted by Crippen LogP contribution is -1.98. The summed E-state index contributed by atoms with van der Waals surface area (Å²) in [5.41, 5.74) is 3.01. The zero-order chi connectivity index (χ0) is 17.4. The van der Waals surface area contributed by atoms with Crippen LogP contribution in [0.15, 0.2) is 61.1 Å². The van der Waals surface area contributed by atoms with Crippen LogP contribution in [0.3, 0.4) is 0 Å². The van der Waals surface area contributed by atoms with Gasteiger partial charge in [0.1, 0.15) is 11.8 Å². The Morgan fingerprint density at radius 2 is 1.75 bits per heavy atom. The molecule has 0 aliphatic rings. The number of aryl methyl sites for hydroxylation is 2. The van der Waals surface area contributed by atoms with Gasteiger partial charge in [-0.25, -0.2) is 9.37 Å². The zero-order valence-corrected chi connectivity index (χ0v) is 14.3. The number of hydrogen-bond acceptors (Lipinski definition) is 3. The number of benzene rings is 2. The quantitative estimate of drug-likeness (QED) is 0.659. The minimum atomic E-state index is -0.302. The minimum Gasteiger partial charge on any atom is -0.486 e. The lowest BCUT2D eigenvalue weighted by molar-refractivity contribution is 0.290. The fourth-order valence-electron chi connectivity index (χ4n) is 1.88. The predicted molar refractivity (Wildman–Crippen MR) is 93.7 cm³/mol. The summed E-state index contributed by atoms with van der Waals surface area (Å²) in [6.07, 6.45) is 4.61. The molecule has 24 heavy (non-hydrogen) atoms. The summed E-state index contributed by atoms with van der Waals surface area (Å²) in [7, 11) is 0. The summed E-state index contributed by atoms with van der Waals surface area (Å²) in [5.74, 6) is 0.0148. The van der Waals surface area contributed by atoms with Gasteiger partial charge in [-0.3, -0.25) is 4.98 Å². The molecule has 5 heteroatoms. The topological polar surface area (TPSA) is 35.0 Å². The molecule has 0 unspecified atom stereocenters. The minimum absolute atomic E-state index is 0.302. The standard InChI is InChI=1S/C15H15FO.C4H3ClN2/c1-11-8-14(16)15(9-12(11)2)17-10-13-6-4-3-5-7-13;5-4-3-6-1-2-7-4/h3-9H,10H2,1-2H3;1-3H. The van der Waals surface area contributed by atoms with Crippen molar-refractivity contribution in [3.63, 3.8) is 0 Å². The lowest BCUT2D eigenvalue weighted by Gasteiger charge is -2.09. The third-order valence-electron chi connectivity index (χ3n) is 3.32. The van der Waals surface area contributed by atoms with Crippen molar-refractivity contribution in [3.05, 3.63) is 88.7 Å². The van der Waals surface area contributed by atoms with Gasteiger partial charge in [0.15, 0.2) is 11.6 Å². The van der Waals surface area contributed by atoms with Gasteiger partial charge in [0.2, 0.25) is 0 Å². The summed E-state index contributed by atoms with van der Waals surface area (Å²) < 4.78 is 19.1. The number of rotatable bonds is 3. The van der Waals surface area contributed by atoms with E-state index in [4.69, 9.17) is 16.3 Å². The smallest absolute Gasteiger partial charge is 0.165 e. The molecule has 0 N–H and O–H groups in total. The van der Waals surface area contributed by atoms with Crippen molar-refractivity contribution in [3.8, 4) is 5.75 Å². The first kappa shape index (κ1) is 17.9. The monoisotopic (exact) mass is 344 g/mol. The van der Waals surface area contributed by atoms with Crippen molar-refractivity contribution in [1.29, 1.82) is 0 Å². The maximum atomic E-state index is 13.6. The van der Waals surface area contributed by atoms with Gasteiger partial charge in [-0.2, -0.15) is 0 Å². The Hall–Kier alpha value is -2.46. The zero-order valence-electron chi connectivity index (χ0n) is 13.5. The van der Waals surface area contributed by atoms with Gasteiger partial charge in [0.25, 0.3) is 0 Å². The van der Waals surface area contributed by atoms with E-state index in [1.807, 2.05) is 44.2 Å². The summed E-state index contributed by atoms with van der Waals surface area (Å²) in [6, 6.07) is 13.0. The van der Waals surface area contributed by atoms with Crippen LogP contribution in [0.2, 0.25) is 5.15 Å². The molecule has 1 heterocycles. The Morgan fingerprint density at radius 1 is 1.04 bits per heavy atom. The molecule has 0 radical (unpaired) electrons. The van der Waals surface area contributed by atoms with E-state index in [2.05, 4.69) is 9.97 Å². The number of aromatic nitrogens is 2. The van der Waals surface area contributed by atoms with Gasteiger partial charge < -0.3 is 4.74 Å². The second-order valence-electron chi connectivity index (χ2n) is 5.17. The van der Waals surface area contributed by atoms with Crippen molar-refractivity contribution in [2.45, 2.75) is 20.5 Å². The van der Waals surface area contributed by atoms with E-state index in [9.17, 15) is 4.39 Å². The number of nitrogens with zero attached hydrogens (tertiary/aromatic N) is 2. The van der Waals surface area contributed by atoms with Gasteiger partial charge in [0, 0.05) is 12.4 Å². The maximum Gasteiger partial charge on any atom is 0.165 e. The van der Waals surface area contributed by atoms with E-state index in [0.717, 1.165) is 16.7 Å². The molecule has 3 nitrogen and oxygen atoms in total. The van der Waals surface area contributed by atoms with E-state index in [1.165, 1.54) is 12.3 Å². The van der Waals surface area contributed by atoms with Crippen molar-refractivity contribution in [2.24, 2.45) is 0 Å². The van der Waals surface area contributed by atoms with Gasteiger partial charge in [-0.15, -0.1) is 0 Å². The van der Waals surface area contributed by atoms with E-state index >= 15 is 0 Å². The number of hydrogen-bond donors (Lipinski definition) is 0. The first-order chi connectivity index (χ1) is 11.6. The summed E-state index contributed by atoms with van der Waals surface area (Å²) in [6.45, 7) is 4.23. The molecular formula is C19H18ClFN2O. The Bertz CT molecular complexity index is 767. The highest BCUT2D eigenvalue weighted by Crippen LogP contribution is 2.22. The van der Waals surface area contributed by atoms with E-state index in [0.29, 0.717) is 17.5 Å². The van der Waals surface area contributed by atoms with E-state index in [-0.39, 0.29) is 5.82 Å². The highest BCUT2D eigenvalue weighted by Gasteiger charge is 2.06. The molecule has 2 aromatic carbocycles. The molecule has 0 aliphatic carbocycles. The van der Waals surface area contributed by atoms with Crippen LogP contribution in [-0.2, 0) is 6.61 Å². The molecular weight excluding hydrogens is 327 g/mol. The summed E-state index contributed by atoms with van der Waals surface area (Å²) >= 11 is 5.37. The van der Waals surface area contributed by atoms with Gasteiger partial charge in [-0.1, -0.05) is 41.9 Å². The molecule has 0 bridgehead atoms. The molecule has 1 aromatic heterocycles. The number of ether oxygens (including phenoxy) is 1. The first-order valence-corrected chi connectivity index (χ1v) is 7.79. The molecule has 0 amide bonds. The van der Waals surface area contributed by atoms with Crippen LogP contribution in [0, 0.1) is 19.7 Å². The normalized spacial score (nSPS) is 9.83. The molecule has 3 aromatic rings. The molecule has 0 spiro atoms. The average Bonchev–Trinajstić information content (AvgIpc) is 2.59. The third-order valence-corrected chi connectivity index (χ3v) is 3.51. The first-order valence-electron chi connectivity index (χ1n) is 7.41. The van der Waals surface area contributed by atoms with Crippen molar-refractivity contribution < 1.29 is 9.13 Å². The van der Waals surface area contributed by atoms with Crippen LogP contribution >= 0.6 is 11.6 Å². The molecule has 3 rings (SSSR count). The molecule has 0 atom stereocenters. The van der Waals surface area contributed by atoms with Crippen molar-refractivity contribution in [2.75, 3.05) is 0 Å². The third kappa shape index (κ3) is 5.63. The van der Waals surface area contributed by atoms with Crippen LogP contribution in [0.4, 0.5) is 4.39 Å². The van der Waals surface area contributed by atoms with Crippen LogP contribution in [0.25, 0.3) is 0 Å². The Morgan fingerprint density at radius 3 is 2.33 bits per heavy atom. The Labute approximate surface area is 146 Å². The summed E-state index contributed by atoms with van der Waals surface area (Å²) in [4.78, 5) is 7.37. The van der Waals surface area contributed by atoms with Crippen molar-refractivity contribution in [1.82, 2.24) is 9.97 Å². The Balaban J connectivity index is 0.000000249. The molecule has 124 valence electrons. The fraction of sp³-hybridized carbons (Fsp3) is 0.158. The van der Waals surface area contributed by atoms with Crippen LogP contribution in [-0.4, -0.2) is 9.97 Å². The van der Waals surface area contributed by atoms with Crippen LogP contribution in [0.1, 0.15) is 16.7 Å². The molecule has 0 fully saturated rings. The van der Waals surface area contributed by atoms with Crippen LogP contribution in [0.5, 0.6) is 5.75 Å². The van der Waals surface area contributed by atoms with E-state index in [1.54, 1.807) is 18.5 Å². The average molecular weight is 345 g/mol. The number of halogens is 2. The summed E-state index contributed by atoms with van der Waals surface area (Å²) in [5, 5.41) is 0.433. The SMILES string of the molecule is Cc1cc(F)c(OCc2ccccc2)cc1C.Clc1cnccn1. The second-order valence-corrected chi connectivity index (χ2v) is 5.56. The second kappa shape index (κ2) is 8.99. The van der Waals surface area contributed by atoms with Gasteiger partial charge >= 0.3 is 0 Å². The molecule has 0 saturated heterocycles. The van der Waals surface area contributed by atoms with Gasteiger partial charge in [0.05, 0.1) is 6.20 Å². The van der Waals surface area contributed by atoms with Crippen LogP contribution < -0.4 is 4.74 Å². The molecule has 0 aliphatic heterocycles. The molecule has 0 saturated carbocycles. The van der Waals surface area contributed by atoms with Gasteiger partial charge in [-0.05, 0) is 42.7 Å². The highest BCUT2D eigenvalue weighted by molar-refractivity contribution is 6.29.